The summed E-state index contributed by atoms with van der Waals surface area (Å²) in [7, 11) is 0. The zero-order valence-corrected chi connectivity index (χ0v) is 13.3. The van der Waals surface area contributed by atoms with Gasteiger partial charge in [0, 0.05) is 36.1 Å². The number of hydrogen-bond donors (Lipinski definition) is 3. The Morgan fingerprint density at radius 1 is 1.32 bits per heavy atom. The minimum absolute atomic E-state index is 0.0467. The fourth-order valence-electron chi connectivity index (χ4n) is 2.01. The Bertz CT molecular complexity index is 607. The molecular weight excluding hydrogens is 300 g/mol. The third kappa shape index (κ3) is 5.00. The highest BCUT2D eigenvalue weighted by Gasteiger charge is 2.06. The van der Waals surface area contributed by atoms with Crippen molar-refractivity contribution < 1.29 is 9.59 Å². The van der Waals surface area contributed by atoms with Crippen LogP contribution in [0.5, 0.6) is 0 Å². The molecule has 0 unspecified atom stereocenters. The fourth-order valence-corrected chi connectivity index (χ4v) is 2.64. The van der Waals surface area contributed by atoms with Crippen molar-refractivity contribution in [1.82, 2.24) is 20.8 Å². The van der Waals surface area contributed by atoms with E-state index < -0.39 is 0 Å². The SMILES string of the molecule is Cc1[nH]ncc1CCCNC(=O)CCNC(=O)c1ccsc1. The number of carbonyl (C=O) groups excluding carboxylic acids is 2. The van der Waals surface area contributed by atoms with Crippen molar-refractivity contribution in [1.29, 1.82) is 0 Å². The van der Waals surface area contributed by atoms with Gasteiger partial charge in [-0.05, 0) is 36.8 Å². The largest absolute Gasteiger partial charge is 0.356 e. The molecule has 0 fully saturated rings. The van der Waals surface area contributed by atoms with Crippen LogP contribution in [-0.4, -0.2) is 35.1 Å². The standard InChI is InChI=1S/C15H20N4O2S/c1-11-12(9-18-19-11)3-2-6-16-14(20)4-7-17-15(21)13-5-8-22-10-13/h5,8-10H,2-4,6-7H2,1H3,(H,16,20)(H,17,21)(H,18,19). The minimum Gasteiger partial charge on any atom is -0.356 e. The molecule has 6 nitrogen and oxygen atoms in total. The summed E-state index contributed by atoms with van der Waals surface area (Å²) >= 11 is 1.47. The molecule has 2 aromatic heterocycles. The van der Waals surface area contributed by atoms with Crippen LogP contribution in [0.1, 0.15) is 34.5 Å². The van der Waals surface area contributed by atoms with Gasteiger partial charge in [0.05, 0.1) is 6.20 Å². The van der Waals surface area contributed by atoms with Crippen LogP contribution in [0.3, 0.4) is 0 Å². The summed E-state index contributed by atoms with van der Waals surface area (Å²) < 4.78 is 0. The highest BCUT2D eigenvalue weighted by atomic mass is 32.1. The van der Waals surface area contributed by atoms with Crippen LogP contribution in [0, 0.1) is 6.92 Å². The number of hydrogen-bond acceptors (Lipinski definition) is 4. The summed E-state index contributed by atoms with van der Waals surface area (Å²) in [5.41, 5.74) is 2.89. The molecule has 2 aromatic rings. The van der Waals surface area contributed by atoms with Crippen LogP contribution in [0.4, 0.5) is 0 Å². The van der Waals surface area contributed by atoms with Gasteiger partial charge >= 0.3 is 0 Å². The second-order valence-corrected chi connectivity index (χ2v) is 5.77. The zero-order chi connectivity index (χ0) is 15.8. The molecule has 2 heterocycles. The lowest BCUT2D eigenvalue weighted by Gasteiger charge is -2.06. The number of carbonyl (C=O) groups is 2. The van der Waals surface area contributed by atoms with Crippen molar-refractivity contribution in [2.75, 3.05) is 13.1 Å². The average molecular weight is 320 g/mol. The maximum absolute atomic E-state index is 11.7. The molecule has 0 atom stereocenters. The van der Waals surface area contributed by atoms with Crippen molar-refractivity contribution in [3.05, 3.63) is 39.8 Å². The second-order valence-electron chi connectivity index (χ2n) is 4.99. The number of aryl methyl sites for hydroxylation is 2. The molecule has 2 rings (SSSR count). The van der Waals surface area contributed by atoms with Gasteiger partial charge in [0.15, 0.2) is 0 Å². The van der Waals surface area contributed by atoms with E-state index in [0.29, 0.717) is 25.1 Å². The molecule has 0 aliphatic rings. The minimum atomic E-state index is -0.135. The molecule has 7 heteroatoms. The van der Waals surface area contributed by atoms with Crippen LogP contribution in [0.2, 0.25) is 0 Å². The molecule has 3 N–H and O–H groups in total. The van der Waals surface area contributed by atoms with Crippen LogP contribution in [-0.2, 0) is 11.2 Å². The highest BCUT2D eigenvalue weighted by Crippen LogP contribution is 2.05. The van der Waals surface area contributed by atoms with Crippen molar-refractivity contribution in [3.63, 3.8) is 0 Å². The van der Waals surface area contributed by atoms with Gasteiger partial charge in [-0.3, -0.25) is 14.7 Å². The molecule has 0 saturated carbocycles. The first-order valence-electron chi connectivity index (χ1n) is 7.23. The average Bonchev–Trinajstić information content (AvgIpc) is 3.15. The van der Waals surface area contributed by atoms with Crippen LogP contribution < -0.4 is 10.6 Å². The van der Waals surface area contributed by atoms with Crippen molar-refractivity contribution in [3.8, 4) is 0 Å². The van der Waals surface area contributed by atoms with Crippen molar-refractivity contribution in [2.45, 2.75) is 26.2 Å². The van der Waals surface area contributed by atoms with Crippen molar-refractivity contribution >= 4 is 23.2 Å². The van der Waals surface area contributed by atoms with E-state index in [0.717, 1.165) is 18.5 Å². The number of amides is 2. The summed E-state index contributed by atoms with van der Waals surface area (Å²) in [5.74, 6) is -0.181. The van der Waals surface area contributed by atoms with Gasteiger partial charge < -0.3 is 10.6 Å². The number of thiophene rings is 1. The molecule has 0 spiro atoms. The molecule has 0 aliphatic carbocycles. The molecule has 118 valence electrons. The predicted molar refractivity (Wildman–Crippen MR) is 85.9 cm³/mol. The summed E-state index contributed by atoms with van der Waals surface area (Å²) in [6, 6.07) is 1.76. The molecule has 0 aliphatic heterocycles. The van der Waals surface area contributed by atoms with Gasteiger partial charge in [0.1, 0.15) is 0 Å². The van der Waals surface area contributed by atoms with E-state index in [9.17, 15) is 9.59 Å². The summed E-state index contributed by atoms with van der Waals surface area (Å²) in [5, 5.41) is 16.1. The van der Waals surface area contributed by atoms with Gasteiger partial charge in [0.25, 0.3) is 5.91 Å². The summed E-state index contributed by atoms with van der Waals surface area (Å²) in [4.78, 5) is 23.3. The highest BCUT2D eigenvalue weighted by molar-refractivity contribution is 7.08. The Balaban J connectivity index is 1.54. The molecule has 0 radical (unpaired) electrons. The molecular formula is C15H20N4O2S. The first-order valence-corrected chi connectivity index (χ1v) is 8.17. The van der Waals surface area contributed by atoms with E-state index >= 15 is 0 Å². The van der Waals surface area contributed by atoms with E-state index in [1.54, 1.807) is 11.4 Å². The molecule has 0 aromatic carbocycles. The van der Waals surface area contributed by atoms with E-state index in [-0.39, 0.29) is 11.8 Å². The number of rotatable bonds is 8. The van der Waals surface area contributed by atoms with E-state index in [1.165, 1.54) is 16.9 Å². The summed E-state index contributed by atoms with van der Waals surface area (Å²) in [6.07, 6.45) is 3.86. The first kappa shape index (κ1) is 16.2. The Morgan fingerprint density at radius 3 is 2.86 bits per heavy atom. The molecule has 0 bridgehead atoms. The number of nitrogens with one attached hydrogen (secondary N) is 3. The van der Waals surface area contributed by atoms with Crippen LogP contribution >= 0.6 is 11.3 Å². The Kier molecular flexibility index (Phi) is 6.14. The van der Waals surface area contributed by atoms with Crippen molar-refractivity contribution in [2.24, 2.45) is 0 Å². The van der Waals surface area contributed by atoms with Gasteiger partial charge in [-0.15, -0.1) is 0 Å². The number of aromatic amines is 1. The Labute approximate surface area is 133 Å². The Hall–Kier alpha value is -2.15. The lowest BCUT2D eigenvalue weighted by atomic mass is 10.1. The third-order valence-corrected chi connectivity index (χ3v) is 3.98. The topological polar surface area (TPSA) is 86.9 Å². The third-order valence-electron chi connectivity index (χ3n) is 3.30. The van der Waals surface area contributed by atoms with Crippen LogP contribution in [0.25, 0.3) is 0 Å². The number of aromatic nitrogens is 2. The normalized spacial score (nSPS) is 10.4. The van der Waals surface area contributed by atoms with Crippen LogP contribution in [0.15, 0.2) is 23.0 Å². The zero-order valence-electron chi connectivity index (χ0n) is 12.5. The number of nitrogens with zero attached hydrogens (tertiary/aromatic N) is 1. The smallest absolute Gasteiger partial charge is 0.252 e. The van der Waals surface area contributed by atoms with Gasteiger partial charge in [-0.2, -0.15) is 16.4 Å². The molecule has 0 saturated heterocycles. The molecule has 22 heavy (non-hydrogen) atoms. The van der Waals surface area contributed by atoms with E-state index in [4.69, 9.17) is 0 Å². The lowest BCUT2D eigenvalue weighted by molar-refractivity contribution is -0.120. The lowest BCUT2D eigenvalue weighted by Crippen LogP contribution is -2.31. The summed E-state index contributed by atoms with van der Waals surface area (Å²) in [6.45, 7) is 2.96. The fraction of sp³-hybridized carbons (Fsp3) is 0.400. The van der Waals surface area contributed by atoms with E-state index in [1.807, 2.05) is 18.5 Å². The van der Waals surface area contributed by atoms with E-state index in [2.05, 4.69) is 20.8 Å². The molecule has 2 amide bonds. The second kappa shape index (κ2) is 8.33. The maximum atomic E-state index is 11.7. The van der Waals surface area contributed by atoms with Gasteiger partial charge in [-0.1, -0.05) is 0 Å². The predicted octanol–water partition coefficient (Wildman–Crippen LogP) is 1.65. The monoisotopic (exact) mass is 320 g/mol. The maximum Gasteiger partial charge on any atom is 0.252 e. The quantitative estimate of drug-likeness (QED) is 0.646. The number of H-pyrrole nitrogens is 1. The van der Waals surface area contributed by atoms with Gasteiger partial charge in [-0.25, -0.2) is 0 Å². The first-order chi connectivity index (χ1) is 10.7. The Morgan fingerprint density at radius 2 is 2.18 bits per heavy atom. The van der Waals surface area contributed by atoms with Gasteiger partial charge in [0.2, 0.25) is 5.91 Å².